The van der Waals surface area contributed by atoms with Gasteiger partial charge in [-0.25, -0.2) is 0 Å². The van der Waals surface area contributed by atoms with Gasteiger partial charge >= 0.3 is 0 Å². The average molecular weight is 216 g/mol. The molecule has 0 radical (unpaired) electrons. The van der Waals surface area contributed by atoms with Crippen LogP contribution in [0.2, 0.25) is 0 Å². The van der Waals surface area contributed by atoms with Gasteiger partial charge in [-0.1, -0.05) is 44.2 Å². The maximum atomic E-state index is 9.17. The first kappa shape index (κ1) is 12.7. The van der Waals surface area contributed by atoms with Gasteiger partial charge in [0, 0.05) is 0 Å². The topological polar surface area (TPSA) is 27.0 Å². The largest absolute Gasteiger partial charge is 0.304 e. The van der Waals surface area contributed by atoms with Gasteiger partial charge in [0.05, 0.1) is 12.0 Å². The highest BCUT2D eigenvalue weighted by atomic mass is 15.1. The summed E-state index contributed by atoms with van der Waals surface area (Å²) in [5.41, 5.74) is 1.14. The maximum absolute atomic E-state index is 9.17. The summed E-state index contributed by atoms with van der Waals surface area (Å²) in [6.07, 6.45) is 0.919. The molecule has 1 unspecified atom stereocenters. The van der Waals surface area contributed by atoms with Gasteiger partial charge in [-0.05, 0) is 31.6 Å². The van der Waals surface area contributed by atoms with E-state index in [1.807, 2.05) is 30.3 Å². The number of nitriles is 1. The molecule has 0 amide bonds. The van der Waals surface area contributed by atoms with Crippen LogP contribution in [0.1, 0.15) is 31.7 Å². The van der Waals surface area contributed by atoms with Crippen molar-refractivity contribution in [3.63, 3.8) is 0 Å². The highest BCUT2D eigenvalue weighted by molar-refractivity contribution is 5.24. The van der Waals surface area contributed by atoms with Crippen LogP contribution in [0.15, 0.2) is 30.3 Å². The van der Waals surface area contributed by atoms with Crippen LogP contribution in [0.5, 0.6) is 0 Å². The van der Waals surface area contributed by atoms with Gasteiger partial charge in [0.15, 0.2) is 0 Å². The van der Waals surface area contributed by atoms with E-state index in [4.69, 9.17) is 5.26 Å². The number of rotatable bonds is 6. The Morgan fingerprint density at radius 2 is 1.81 bits per heavy atom. The minimum Gasteiger partial charge on any atom is -0.304 e. The van der Waals surface area contributed by atoms with Crippen molar-refractivity contribution in [1.29, 1.82) is 5.26 Å². The number of nitrogens with zero attached hydrogens (tertiary/aromatic N) is 2. The Hall–Kier alpha value is -1.33. The molecular weight excluding hydrogens is 196 g/mol. The maximum Gasteiger partial charge on any atom is 0.0724 e. The highest BCUT2D eigenvalue weighted by Crippen LogP contribution is 2.18. The summed E-state index contributed by atoms with van der Waals surface area (Å²) in [4.78, 5) is 2.35. The Morgan fingerprint density at radius 3 is 2.31 bits per heavy atom. The normalized spacial score (nSPS) is 12.4. The van der Waals surface area contributed by atoms with Crippen LogP contribution < -0.4 is 0 Å². The van der Waals surface area contributed by atoms with E-state index in [1.54, 1.807) is 0 Å². The van der Waals surface area contributed by atoms with E-state index >= 15 is 0 Å². The smallest absolute Gasteiger partial charge is 0.0724 e. The van der Waals surface area contributed by atoms with Gasteiger partial charge in [-0.15, -0.1) is 0 Å². The second-order valence-corrected chi connectivity index (χ2v) is 3.91. The summed E-state index contributed by atoms with van der Waals surface area (Å²) in [5.74, 6) is 0.0294. The summed E-state index contributed by atoms with van der Waals surface area (Å²) in [7, 11) is 0. The number of hydrogen-bond acceptors (Lipinski definition) is 2. The molecular formula is C14H20N2. The zero-order chi connectivity index (χ0) is 11.8. The van der Waals surface area contributed by atoms with Crippen molar-refractivity contribution in [2.45, 2.75) is 26.2 Å². The van der Waals surface area contributed by atoms with Crippen molar-refractivity contribution in [1.82, 2.24) is 4.90 Å². The molecule has 2 heteroatoms. The molecule has 0 aromatic heterocycles. The van der Waals surface area contributed by atoms with E-state index in [0.717, 1.165) is 31.6 Å². The van der Waals surface area contributed by atoms with Gasteiger partial charge in [0.1, 0.15) is 0 Å². The molecule has 1 aromatic carbocycles. The van der Waals surface area contributed by atoms with Crippen LogP contribution in [0.3, 0.4) is 0 Å². The second-order valence-electron chi connectivity index (χ2n) is 3.91. The summed E-state index contributed by atoms with van der Waals surface area (Å²) in [6, 6.07) is 12.5. The lowest BCUT2D eigenvalue weighted by molar-refractivity contribution is 0.296. The first-order valence-corrected chi connectivity index (χ1v) is 5.98. The lowest BCUT2D eigenvalue weighted by Gasteiger charge is -2.19. The molecule has 0 saturated carbocycles. The quantitative estimate of drug-likeness (QED) is 0.731. The molecule has 0 fully saturated rings. The van der Waals surface area contributed by atoms with Crippen LogP contribution in [0.25, 0.3) is 0 Å². The fraction of sp³-hybridized carbons (Fsp3) is 0.500. The predicted octanol–water partition coefficient (Wildman–Crippen LogP) is 3.03. The zero-order valence-electron chi connectivity index (χ0n) is 10.2. The van der Waals surface area contributed by atoms with Crippen molar-refractivity contribution in [3.05, 3.63) is 35.9 Å². The lowest BCUT2D eigenvalue weighted by Crippen LogP contribution is -2.25. The minimum atomic E-state index is 0.0294. The fourth-order valence-corrected chi connectivity index (χ4v) is 1.84. The van der Waals surface area contributed by atoms with Gasteiger partial charge in [0.2, 0.25) is 0 Å². The Bertz CT molecular complexity index is 322. The molecule has 86 valence electrons. The van der Waals surface area contributed by atoms with Crippen molar-refractivity contribution >= 4 is 0 Å². The summed E-state index contributed by atoms with van der Waals surface area (Å²) >= 11 is 0. The Balaban J connectivity index is 2.54. The monoisotopic (exact) mass is 216 g/mol. The Kier molecular flexibility index (Phi) is 5.60. The molecule has 0 bridgehead atoms. The Morgan fingerprint density at radius 1 is 1.19 bits per heavy atom. The van der Waals surface area contributed by atoms with E-state index < -0.39 is 0 Å². The van der Waals surface area contributed by atoms with Gasteiger partial charge < -0.3 is 4.90 Å². The molecule has 0 N–H and O–H groups in total. The molecule has 0 spiro atoms. The standard InChI is InChI=1S/C14H20N2/c1-3-16(4-2)11-10-14(12-15)13-8-6-5-7-9-13/h5-9,14H,3-4,10-11H2,1-2H3. The summed E-state index contributed by atoms with van der Waals surface area (Å²) in [6.45, 7) is 7.44. The molecule has 16 heavy (non-hydrogen) atoms. The number of benzene rings is 1. The Labute approximate surface area is 98.5 Å². The van der Waals surface area contributed by atoms with Crippen molar-refractivity contribution < 1.29 is 0 Å². The minimum absolute atomic E-state index is 0.0294. The van der Waals surface area contributed by atoms with E-state index in [9.17, 15) is 0 Å². The molecule has 1 rings (SSSR count). The second kappa shape index (κ2) is 7.03. The fourth-order valence-electron chi connectivity index (χ4n) is 1.84. The molecule has 0 aliphatic carbocycles. The predicted molar refractivity (Wildman–Crippen MR) is 67.2 cm³/mol. The summed E-state index contributed by atoms with van der Waals surface area (Å²) < 4.78 is 0. The molecule has 2 nitrogen and oxygen atoms in total. The first-order chi connectivity index (χ1) is 7.81. The van der Waals surface area contributed by atoms with E-state index in [1.165, 1.54) is 0 Å². The van der Waals surface area contributed by atoms with Crippen molar-refractivity contribution in [3.8, 4) is 6.07 Å². The molecule has 1 atom stereocenters. The number of hydrogen-bond donors (Lipinski definition) is 0. The van der Waals surface area contributed by atoms with E-state index in [0.29, 0.717) is 0 Å². The van der Waals surface area contributed by atoms with Crippen LogP contribution in [-0.2, 0) is 0 Å². The zero-order valence-corrected chi connectivity index (χ0v) is 10.2. The molecule has 0 heterocycles. The van der Waals surface area contributed by atoms with Crippen LogP contribution >= 0.6 is 0 Å². The lowest BCUT2D eigenvalue weighted by atomic mass is 9.97. The molecule has 0 aliphatic rings. The van der Waals surface area contributed by atoms with E-state index in [-0.39, 0.29) is 5.92 Å². The molecule has 1 aromatic rings. The third-order valence-electron chi connectivity index (χ3n) is 2.99. The molecule has 0 saturated heterocycles. The van der Waals surface area contributed by atoms with Crippen LogP contribution in [-0.4, -0.2) is 24.5 Å². The van der Waals surface area contributed by atoms with E-state index in [2.05, 4.69) is 24.8 Å². The van der Waals surface area contributed by atoms with Gasteiger partial charge in [0.25, 0.3) is 0 Å². The SMILES string of the molecule is CCN(CC)CCC(C#N)c1ccccc1. The van der Waals surface area contributed by atoms with Gasteiger partial charge in [-0.2, -0.15) is 5.26 Å². The molecule has 0 aliphatic heterocycles. The third-order valence-corrected chi connectivity index (χ3v) is 2.99. The van der Waals surface area contributed by atoms with Crippen molar-refractivity contribution in [2.24, 2.45) is 0 Å². The first-order valence-electron chi connectivity index (χ1n) is 5.98. The third kappa shape index (κ3) is 3.67. The summed E-state index contributed by atoms with van der Waals surface area (Å²) in [5, 5.41) is 9.17. The average Bonchev–Trinajstić information content (AvgIpc) is 2.36. The van der Waals surface area contributed by atoms with Crippen molar-refractivity contribution in [2.75, 3.05) is 19.6 Å². The van der Waals surface area contributed by atoms with Crippen LogP contribution in [0.4, 0.5) is 0 Å². The van der Waals surface area contributed by atoms with Gasteiger partial charge in [-0.3, -0.25) is 0 Å². The highest BCUT2D eigenvalue weighted by Gasteiger charge is 2.11. The van der Waals surface area contributed by atoms with Crippen LogP contribution in [0, 0.1) is 11.3 Å².